The Kier molecular flexibility index (Phi) is 5.65. The van der Waals surface area contributed by atoms with E-state index in [0.29, 0.717) is 16.3 Å². The largest absolute Gasteiger partial charge is 0.385 e. The van der Waals surface area contributed by atoms with Crippen molar-refractivity contribution in [3.8, 4) is 0 Å². The fraction of sp³-hybridized carbons (Fsp3) is 0.188. The maximum absolute atomic E-state index is 12.2. The van der Waals surface area contributed by atoms with E-state index in [1.807, 2.05) is 18.2 Å². The van der Waals surface area contributed by atoms with Crippen LogP contribution in [-0.4, -0.2) is 12.5 Å². The molecule has 0 bridgehead atoms. The van der Waals surface area contributed by atoms with Gasteiger partial charge in [-0.3, -0.25) is 4.79 Å². The molecule has 2 N–H and O–H groups in total. The van der Waals surface area contributed by atoms with E-state index in [1.54, 1.807) is 24.3 Å². The molecule has 0 aliphatic carbocycles. The highest BCUT2D eigenvalue weighted by Crippen LogP contribution is 2.26. The molecule has 1 amide bonds. The molecule has 0 aromatic heterocycles. The summed E-state index contributed by atoms with van der Waals surface area (Å²) in [4.78, 5) is 12.2. The number of carbonyl (C=O) groups excluding carboxylic acids is 1. The number of anilines is 2. The van der Waals surface area contributed by atoms with Crippen LogP contribution < -0.4 is 10.6 Å². The molecule has 2 rings (SSSR count). The lowest BCUT2D eigenvalue weighted by Gasteiger charge is -2.09. The van der Waals surface area contributed by atoms with Crippen molar-refractivity contribution >= 4 is 44.8 Å². The molecule has 5 heteroatoms. The molecule has 3 nitrogen and oxygen atoms in total. The third-order valence-electron chi connectivity index (χ3n) is 2.91. The van der Waals surface area contributed by atoms with E-state index < -0.39 is 0 Å². The number of hydrogen-bond acceptors (Lipinski definition) is 2. The quantitative estimate of drug-likeness (QED) is 0.765. The van der Waals surface area contributed by atoms with Crippen molar-refractivity contribution in [1.29, 1.82) is 0 Å². The van der Waals surface area contributed by atoms with Crippen molar-refractivity contribution in [2.24, 2.45) is 0 Å². The van der Waals surface area contributed by atoms with Crippen LogP contribution in [0.25, 0.3) is 0 Å². The summed E-state index contributed by atoms with van der Waals surface area (Å²) in [7, 11) is 0. The van der Waals surface area contributed by atoms with Gasteiger partial charge in [-0.05, 0) is 48.9 Å². The van der Waals surface area contributed by atoms with Gasteiger partial charge in [-0.15, -0.1) is 0 Å². The number of benzene rings is 2. The first-order valence-electron chi connectivity index (χ1n) is 6.70. The molecule has 0 unspecified atom stereocenters. The summed E-state index contributed by atoms with van der Waals surface area (Å²) < 4.78 is 0.872. The van der Waals surface area contributed by atoms with Crippen molar-refractivity contribution in [2.45, 2.75) is 13.3 Å². The summed E-state index contributed by atoms with van der Waals surface area (Å²) in [6, 6.07) is 12.7. The number of hydrogen-bond donors (Lipinski definition) is 2. The number of rotatable bonds is 5. The van der Waals surface area contributed by atoms with E-state index in [0.717, 1.165) is 23.1 Å². The Morgan fingerprint density at radius 2 is 1.90 bits per heavy atom. The van der Waals surface area contributed by atoms with E-state index in [4.69, 9.17) is 11.6 Å². The van der Waals surface area contributed by atoms with Crippen LogP contribution in [0.4, 0.5) is 11.4 Å². The van der Waals surface area contributed by atoms with E-state index in [-0.39, 0.29) is 5.91 Å². The molecule has 0 atom stereocenters. The topological polar surface area (TPSA) is 41.1 Å². The zero-order valence-corrected chi connectivity index (χ0v) is 14.0. The highest BCUT2D eigenvalue weighted by molar-refractivity contribution is 9.10. The van der Waals surface area contributed by atoms with Crippen LogP contribution in [0, 0.1) is 0 Å². The van der Waals surface area contributed by atoms with E-state index >= 15 is 0 Å². The van der Waals surface area contributed by atoms with Crippen LogP contribution in [0.15, 0.2) is 46.9 Å². The Morgan fingerprint density at radius 3 is 2.52 bits per heavy atom. The molecule has 0 radical (unpaired) electrons. The van der Waals surface area contributed by atoms with Crippen LogP contribution in [0.2, 0.25) is 5.02 Å². The predicted molar refractivity (Wildman–Crippen MR) is 92.3 cm³/mol. The predicted octanol–water partition coefficient (Wildman–Crippen LogP) is 5.18. The lowest BCUT2D eigenvalue weighted by molar-refractivity contribution is 0.102. The highest BCUT2D eigenvalue weighted by atomic mass is 79.9. The zero-order chi connectivity index (χ0) is 15.2. The van der Waals surface area contributed by atoms with Crippen molar-refractivity contribution in [3.63, 3.8) is 0 Å². The smallest absolute Gasteiger partial charge is 0.255 e. The van der Waals surface area contributed by atoms with Gasteiger partial charge in [0.1, 0.15) is 0 Å². The minimum atomic E-state index is -0.179. The number of halogens is 2. The molecule has 0 saturated heterocycles. The second kappa shape index (κ2) is 7.48. The normalized spacial score (nSPS) is 10.2. The SMILES string of the molecule is CCCNc1ccc(C(=O)Nc2ccc(Br)cc2Cl)cc1. The third kappa shape index (κ3) is 4.48. The lowest BCUT2D eigenvalue weighted by Crippen LogP contribution is -2.12. The van der Waals surface area contributed by atoms with Crippen molar-refractivity contribution in [3.05, 3.63) is 57.5 Å². The Balaban J connectivity index is 2.06. The zero-order valence-electron chi connectivity index (χ0n) is 11.6. The standard InChI is InChI=1S/C16H16BrClN2O/c1-2-9-19-13-6-3-11(4-7-13)16(21)20-15-8-5-12(17)10-14(15)18/h3-8,10,19H,2,9H2,1H3,(H,20,21). The Bertz CT molecular complexity index is 629. The molecule has 2 aromatic rings. The minimum absolute atomic E-state index is 0.179. The van der Waals surface area contributed by atoms with Gasteiger partial charge in [0.25, 0.3) is 5.91 Å². The van der Waals surface area contributed by atoms with Gasteiger partial charge >= 0.3 is 0 Å². The van der Waals surface area contributed by atoms with Gasteiger partial charge in [0, 0.05) is 22.3 Å². The van der Waals surface area contributed by atoms with Gasteiger partial charge in [0.2, 0.25) is 0 Å². The molecule has 2 aromatic carbocycles. The van der Waals surface area contributed by atoms with Crippen LogP contribution in [0.5, 0.6) is 0 Å². The summed E-state index contributed by atoms with van der Waals surface area (Å²) >= 11 is 9.42. The van der Waals surface area contributed by atoms with Gasteiger partial charge in [-0.1, -0.05) is 34.5 Å². The second-order valence-corrected chi connectivity index (χ2v) is 5.91. The molecule has 0 fully saturated rings. The van der Waals surface area contributed by atoms with Gasteiger partial charge in [-0.25, -0.2) is 0 Å². The van der Waals surface area contributed by atoms with Crippen LogP contribution in [0.3, 0.4) is 0 Å². The van der Waals surface area contributed by atoms with Gasteiger partial charge < -0.3 is 10.6 Å². The maximum atomic E-state index is 12.2. The van der Waals surface area contributed by atoms with Gasteiger partial charge in [0.05, 0.1) is 10.7 Å². The molecule has 21 heavy (non-hydrogen) atoms. The Labute approximate surface area is 137 Å². The van der Waals surface area contributed by atoms with Crippen LogP contribution in [0.1, 0.15) is 23.7 Å². The van der Waals surface area contributed by atoms with Crippen LogP contribution >= 0.6 is 27.5 Å². The fourth-order valence-corrected chi connectivity index (χ4v) is 2.51. The summed E-state index contributed by atoms with van der Waals surface area (Å²) in [5, 5.41) is 6.57. The van der Waals surface area contributed by atoms with Crippen molar-refractivity contribution < 1.29 is 4.79 Å². The van der Waals surface area contributed by atoms with Crippen molar-refractivity contribution in [2.75, 3.05) is 17.2 Å². The lowest BCUT2D eigenvalue weighted by atomic mass is 10.2. The summed E-state index contributed by atoms with van der Waals surface area (Å²) in [5.41, 5.74) is 2.20. The summed E-state index contributed by atoms with van der Waals surface area (Å²) in [6.07, 6.45) is 1.06. The number of carbonyl (C=O) groups is 1. The molecule has 0 spiro atoms. The first-order valence-corrected chi connectivity index (χ1v) is 7.87. The fourth-order valence-electron chi connectivity index (χ4n) is 1.79. The second-order valence-electron chi connectivity index (χ2n) is 4.58. The molecular weight excluding hydrogens is 352 g/mol. The molecule has 0 aliphatic rings. The number of nitrogens with one attached hydrogen (secondary N) is 2. The van der Waals surface area contributed by atoms with Crippen molar-refractivity contribution in [1.82, 2.24) is 0 Å². The third-order valence-corrected chi connectivity index (χ3v) is 3.71. The first kappa shape index (κ1) is 15.9. The average molecular weight is 368 g/mol. The molecule has 110 valence electrons. The van der Waals surface area contributed by atoms with E-state index in [1.165, 1.54) is 0 Å². The Morgan fingerprint density at radius 1 is 1.19 bits per heavy atom. The number of amides is 1. The van der Waals surface area contributed by atoms with Gasteiger partial charge in [-0.2, -0.15) is 0 Å². The van der Waals surface area contributed by atoms with Crippen LogP contribution in [-0.2, 0) is 0 Å². The highest BCUT2D eigenvalue weighted by Gasteiger charge is 2.08. The Hall–Kier alpha value is -1.52. The maximum Gasteiger partial charge on any atom is 0.255 e. The first-order chi connectivity index (χ1) is 10.1. The monoisotopic (exact) mass is 366 g/mol. The molecule has 0 saturated carbocycles. The average Bonchev–Trinajstić information content (AvgIpc) is 2.48. The molecular formula is C16H16BrClN2O. The summed E-state index contributed by atoms with van der Waals surface area (Å²) in [5.74, 6) is -0.179. The molecule has 0 aliphatic heterocycles. The van der Waals surface area contributed by atoms with E-state index in [2.05, 4.69) is 33.5 Å². The minimum Gasteiger partial charge on any atom is -0.385 e. The molecule has 0 heterocycles. The van der Waals surface area contributed by atoms with E-state index in [9.17, 15) is 4.79 Å². The van der Waals surface area contributed by atoms with Gasteiger partial charge in [0.15, 0.2) is 0 Å². The summed E-state index contributed by atoms with van der Waals surface area (Å²) in [6.45, 7) is 3.02.